The third-order valence-electron chi connectivity index (χ3n) is 3.41. The molecule has 2 amide bonds. The highest BCUT2D eigenvalue weighted by atomic mass is 16.5. The molecule has 1 rings (SSSR count). The van der Waals surface area contributed by atoms with Gasteiger partial charge in [0.1, 0.15) is 5.75 Å². The Morgan fingerprint density at radius 2 is 1.74 bits per heavy atom. The van der Waals surface area contributed by atoms with Gasteiger partial charge in [0.15, 0.2) is 0 Å². The Balaban J connectivity index is 2.59. The molecule has 0 heterocycles. The summed E-state index contributed by atoms with van der Waals surface area (Å²) in [4.78, 5) is 24.3. The molecule has 0 aliphatic rings. The maximum absolute atomic E-state index is 12.1. The van der Waals surface area contributed by atoms with Gasteiger partial charge in [0.25, 0.3) is 0 Å². The van der Waals surface area contributed by atoms with Crippen molar-refractivity contribution in [3.8, 4) is 5.75 Å². The van der Waals surface area contributed by atoms with E-state index in [-0.39, 0.29) is 24.7 Å². The lowest BCUT2D eigenvalue weighted by atomic mass is 10.1. The molecule has 0 aliphatic carbocycles. The number of benzene rings is 1. The number of rotatable bonds is 7. The molecule has 0 fully saturated rings. The Morgan fingerprint density at radius 1 is 1.17 bits per heavy atom. The van der Waals surface area contributed by atoms with E-state index in [0.29, 0.717) is 0 Å². The number of carboxylic acids is 1. The van der Waals surface area contributed by atoms with Gasteiger partial charge in [0.05, 0.1) is 18.1 Å². The Kier molecular flexibility index (Phi) is 6.88. The minimum atomic E-state index is -0.918. The van der Waals surface area contributed by atoms with E-state index in [9.17, 15) is 9.59 Å². The van der Waals surface area contributed by atoms with Crippen LogP contribution in [0.25, 0.3) is 0 Å². The second kappa shape index (κ2) is 8.41. The smallest absolute Gasteiger partial charge is 0.317 e. The van der Waals surface area contributed by atoms with E-state index in [1.54, 1.807) is 14.0 Å². The van der Waals surface area contributed by atoms with Crippen molar-refractivity contribution in [1.82, 2.24) is 10.2 Å². The van der Waals surface area contributed by atoms with Crippen molar-refractivity contribution in [3.05, 3.63) is 29.8 Å². The second-order valence-corrected chi connectivity index (χ2v) is 6.03. The van der Waals surface area contributed by atoms with Crippen molar-refractivity contribution in [2.45, 2.75) is 39.8 Å². The number of carbonyl (C=O) groups excluding carboxylic acids is 1. The maximum Gasteiger partial charge on any atom is 0.317 e. The predicted molar refractivity (Wildman–Crippen MR) is 88.6 cm³/mol. The van der Waals surface area contributed by atoms with Gasteiger partial charge in [-0.25, -0.2) is 4.79 Å². The van der Waals surface area contributed by atoms with Crippen LogP contribution in [0.5, 0.6) is 5.75 Å². The van der Waals surface area contributed by atoms with Crippen molar-refractivity contribution in [1.29, 1.82) is 0 Å². The Hall–Kier alpha value is -2.24. The Labute approximate surface area is 137 Å². The number of ether oxygens (including phenoxy) is 1. The van der Waals surface area contributed by atoms with Crippen LogP contribution in [0.4, 0.5) is 4.79 Å². The molecule has 0 aromatic heterocycles. The number of amides is 2. The van der Waals surface area contributed by atoms with Gasteiger partial charge in [-0.2, -0.15) is 0 Å². The highest BCUT2D eigenvalue weighted by Crippen LogP contribution is 2.18. The van der Waals surface area contributed by atoms with Crippen molar-refractivity contribution in [3.63, 3.8) is 0 Å². The average Bonchev–Trinajstić information content (AvgIpc) is 2.46. The predicted octanol–water partition coefficient (Wildman–Crippen LogP) is 2.90. The first kappa shape index (κ1) is 18.8. The van der Waals surface area contributed by atoms with E-state index in [2.05, 4.69) is 5.32 Å². The summed E-state index contributed by atoms with van der Waals surface area (Å²) in [7, 11) is 1.58. The van der Waals surface area contributed by atoms with E-state index in [4.69, 9.17) is 9.84 Å². The van der Waals surface area contributed by atoms with Crippen molar-refractivity contribution in [2.24, 2.45) is 5.92 Å². The monoisotopic (exact) mass is 322 g/mol. The average molecular weight is 322 g/mol. The topological polar surface area (TPSA) is 78.9 Å². The van der Waals surface area contributed by atoms with E-state index < -0.39 is 11.9 Å². The SMILES string of the molecule is CC(C)Oc1ccc(C(C)NC(=O)N(C)CC(C)C(=O)O)cc1. The van der Waals surface area contributed by atoms with Crippen LogP contribution in [0.15, 0.2) is 24.3 Å². The number of hydrogen-bond donors (Lipinski definition) is 2. The molecule has 2 atom stereocenters. The minimum absolute atomic E-state index is 0.114. The van der Waals surface area contributed by atoms with Gasteiger partial charge in [-0.15, -0.1) is 0 Å². The number of nitrogens with zero attached hydrogens (tertiary/aromatic N) is 1. The first-order valence-electron chi connectivity index (χ1n) is 7.71. The Morgan fingerprint density at radius 3 is 2.22 bits per heavy atom. The van der Waals surface area contributed by atoms with E-state index in [0.717, 1.165) is 11.3 Å². The van der Waals surface area contributed by atoms with Crippen LogP contribution < -0.4 is 10.1 Å². The van der Waals surface area contributed by atoms with Gasteiger partial charge in [0, 0.05) is 13.6 Å². The normalized spacial score (nSPS) is 13.3. The molecule has 2 N–H and O–H groups in total. The number of carbonyl (C=O) groups is 2. The lowest BCUT2D eigenvalue weighted by Crippen LogP contribution is -2.41. The molecular weight excluding hydrogens is 296 g/mol. The molecule has 0 bridgehead atoms. The summed E-state index contributed by atoms with van der Waals surface area (Å²) in [6.45, 7) is 7.54. The summed E-state index contributed by atoms with van der Waals surface area (Å²) in [6, 6.07) is 7.07. The molecule has 0 spiro atoms. The third kappa shape index (κ3) is 6.18. The van der Waals surface area contributed by atoms with Gasteiger partial charge in [-0.1, -0.05) is 19.1 Å². The summed E-state index contributed by atoms with van der Waals surface area (Å²) in [5.41, 5.74) is 0.953. The zero-order valence-corrected chi connectivity index (χ0v) is 14.4. The van der Waals surface area contributed by atoms with Crippen LogP contribution in [0.2, 0.25) is 0 Å². The fourth-order valence-corrected chi connectivity index (χ4v) is 2.06. The molecule has 0 aliphatic heterocycles. The molecule has 0 radical (unpaired) electrons. The standard InChI is InChI=1S/C17H26N2O4/c1-11(2)23-15-8-6-14(7-9-15)13(4)18-17(22)19(5)10-12(3)16(20)21/h6-9,11-13H,10H2,1-5H3,(H,18,22)(H,20,21). The summed E-state index contributed by atoms with van der Waals surface area (Å²) >= 11 is 0. The molecule has 128 valence electrons. The highest BCUT2D eigenvalue weighted by Gasteiger charge is 2.19. The molecule has 23 heavy (non-hydrogen) atoms. The van der Waals surface area contributed by atoms with E-state index in [1.165, 1.54) is 4.90 Å². The summed E-state index contributed by atoms with van der Waals surface area (Å²) in [5.74, 6) is -0.735. The molecule has 0 saturated carbocycles. The summed E-state index contributed by atoms with van der Waals surface area (Å²) in [5, 5.41) is 11.7. The molecule has 6 heteroatoms. The molecule has 2 unspecified atom stereocenters. The first-order valence-corrected chi connectivity index (χ1v) is 7.71. The Bertz CT molecular complexity index is 528. The maximum atomic E-state index is 12.1. The zero-order valence-electron chi connectivity index (χ0n) is 14.4. The lowest BCUT2D eigenvalue weighted by molar-refractivity contribution is -0.141. The molecule has 0 saturated heterocycles. The number of hydrogen-bond acceptors (Lipinski definition) is 3. The third-order valence-corrected chi connectivity index (χ3v) is 3.41. The number of nitrogens with one attached hydrogen (secondary N) is 1. The van der Waals surface area contributed by atoms with Crippen LogP contribution in [0, 0.1) is 5.92 Å². The van der Waals surface area contributed by atoms with Gasteiger partial charge >= 0.3 is 12.0 Å². The minimum Gasteiger partial charge on any atom is -0.491 e. The van der Waals surface area contributed by atoms with Gasteiger partial charge in [-0.05, 0) is 38.5 Å². The summed E-state index contributed by atoms with van der Waals surface area (Å²) in [6.07, 6.45) is 0.114. The van der Waals surface area contributed by atoms with Crippen LogP contribution in [0.3, 0.4) is 0 Å². The molecule has 6 nitrogen and oxygen atoms in total. The number of urea groups is 1. The van der Waals surface area contributed by atoms with Gasteiger partial charge in [0.2, 0.25) is 0 Å². The van der Waals surface area contributed by atoms with Crippen LogP contribution >= 0.6 is 0 Å². The number of aliphatic carboxylic acids is 1. The largest absolute Gasteiger partial charge is 0.491 e. The van der Waals surface area contributed by atoms with Crippen LogP contribution in [-0.4, -0.2) is 41.7 Å². The van der Waals surface area contributed by atoms with Crippen LogP contribution in [-0.2, 0) is 4.79 Å². The van der Waals surface area contributed by atoms with Crippen molar-refractivity contribution in [2.75, 3.05) is 13.6 Å². The summed E-state index contributed by atoms with van der Waals surface area (Å²) < 4.78 is 5.58. The van der Waals surface area contributed by atoms with Crippen molar-refractivity contribution >= 4 is 12.0 Å². The molecule has 1 aromatic carbocycles. The van der Waals surface area contributed by atoms with E-state index in [1.807, 2.05) is 45.0 Å². The molecule has 1 aromatic rings. The number of carboxylic acid groups (broad SMARTS) is 1. The highest BCUT2D eigenvalue weighted by molar-refractivity contribution is 5.76. The lowest BCUT2D eigenvalue weighted by Gasteiger charge is -2.23. The fraction of sp³-hybridized carbons (Fsp3) is 0.529. The van der Waals surface area contributed by atoms with Crippen molar-refractivity contribution < 1.29 is 19.4 Å². The molecular formula is C17H26N2O4. The first-order chi connectivity index (χ1) is 10.7. The van der Waals surface area contributed by atoms with Gasteiger partial charge in [-0.3, -0.25) is 4.79 Å². The quantitative estimate of drug-likeness (QED) is 0.809. The van der Waals surface area contributed by atoms with Gasteiger partial charge < -0.3 is 20.1 Å². The fourth-order valence-electron chi connectivity index (χ4n) is 2.06. The van der Waals surface area contributed by atoms with E-state index >= 15 is 0 Å². The second-order valence-electron chi connectivity index (χ2n) is 6.03. The zero-order chi connectivity index (χ0) is 17.6. The van der Waals surface area contributed by atoms with Crippen LogP contribution in [0.1, 0.15) is 39.3 Å².